The number of piperidine rings is 1. The van der Waals surface area contributed by atoms with Gasteiger partial charge in [0.05, 0.1) is 5.92 Å². The topological polar surface area (TPSA) is 37.4 Å². The third kappa shape index (κ3) is 2.77. The van der Waals surface area contributed by atoms with Crippen molar-refractivity contribution < 1.29 is 9.59 Å². The van der Waals surface area contributed by atoms with Gasteiger partial charge in [0.1, 0.15) is 5.78 Å². The van der Waals surface area contributed by atoms with Crippen molar-refractivity contribution in [1.82, 2.24) is 0 Å². The first kappa shape index (κ1) is 14.8. The molecular formula is C17H23NO2. The van der Waals surface area contributed by atoms with Gasteiger partial charge in [0.2, 0.25) is 5.91 Å². The Bertz CT molecular complexity index is 507. The van der Waals surface area contributed by atoms with Gasteiger partial charge in [-0.2, -0.15) is 0 Å². The fraction of sp³-hybridized carbons (Fsp3) is 0.529. The monoisotopic (exact) mass is 273 g/mol. The number of hydrogen-bond acceptors (Lipinski definition) is 2. The molecule has 1 saturated heterocycles. The fourth-order valence-corrected chi connectivity index (χ4v) is 2.85. The van der Waals surface area contributed by atoms with Crippen molar-refractivity contribution in [1.29, 1.82) is 0 Å². The third-order valence-corrected chi connectivity index (χ3v) is 4.01. The molecule has 1 aromatic carbocycles. The Morgan fingerprint density at radius 1 is 1.35 bits per heavy atom. The Balaban J connectivity index is 2.29. The Kier molecular flexibility index (Phi) is 4.58. The molecule has 1 aliphatic rings. The number of hydrogen-bond donors (Lipinski definition) is 0. The molecule has 1 amide bonds. The predicted molar refractivity (Wildman–Crippen MR) is 80.7 cm³/mol. The van der Waals surface area contributed by atoms with Crippen LogP contribution in [0.5, 0.6) is 0 Å². The number of nitrogens with zero attached hydrogens (tertiary/aromatic N) is 1. The van der Waals surface area contributed by atoms with E-state index >= 15 is 0 Å². The lowest BCUT2D eigenvalue weighted by Gasteiger charge is -2.33. The van der Waals surface area contributed by atoms with Crippen LogP contribution in [0.25, 0.3) is 0 Å². The largest absolute Gasteiger partial charge is 0.312 e. The number of benzene rings is 1. The van der Waals surface area contributed by atoms with Crippen molar-refractivity contribution in [3.05, 3.63) is 29.8 Å². The van der Waals surface area contributed by atoms with Crippen molar-refractivity contribution in [3.63, 3.8) is 0 Å². The first-order valence-electron chi connectivity index (χ1n) is 7.49. The lowest BCUT2D eigenvalue weighted by Crippen LogP contribution is -2.45. The van der Waals surface area contributed by atoms with Crippen LogP contribution in [0.4, 0.5) is 5.69 Å². The molecule has 0 aliphatic carbocycles. The standard InChI is InChI=1S/C17H23NO2/c1-4-13-8-5-6-10-15(13)18-11-7-9-14(17(18)20)16(19)12(2)3/h5-6,8,10,12,14H,4,7,9,11H2,1-3H3/t14-/m0/s1. The second-order valence-corrected chi connectivity index (χ2v) is 5.72. The molecule has 0 radical (unpaired) electrons. The number of Topliss-reactive ketones (excluding diaryl/α,β-unsaturated/α-hetero) is 1. The smallest absolute Gasteiger partial charge is 0.237 e. The van der Waals surface area contributed by atoms with E-state index in [0.717, 1.165) is 25.1 Å². The van der Waals surface area contributed by atoms with E-state index in [1.54, 1.807) is 0 Å². The molecule has 3 heteroatoms. The van der Waals surface area contributed by atoms with Gasteiger partial charge >= 0.3 is 0 Å². The maximum atomic E-state index is 12.6. The van der Waals surface area contributed by atoms with Gasteiger partial charge in [0, 0.05) is 18.2 Å². The van der Waals surface area contributed by atoms with Crippen LogP contribution in [0.3, 0.4) is 0 Å². The van der Waals surface area contributed by atoms with E-state index in [1.807, 2.05) is 36.9 Å². The molecule has 1 aliphatic heterocycles. The molecule has 0 N–H and O–H groups in total. The molecule has 2 rings (SSSR count). The van der Waals surface area contributed by atoms with Crippen LogP contribution in [0.15, 0.2) is 24.3 Å². The summed E-state index contributed by atoms with van der Waals surface area (Å²) in [7, 11) is 0. The zero-order valence-corrected chi connectivity index (χ0v) is 12.6. The molecule has 0 unspecified atom stereocenters. The van der Waals surface area contributed by atoms with E-state index in [0.29, 0.717) is 6.42 Å². The van der Waals surface area contributed by atoms with Crippen LogP contribution in [0.1, 0.15) is 39.2 Å². The molecule has 20 heavy (non-hydrogen) atoms. The number of ketones is 1. The molecule has 3 nitrogen and oxygen atoms in total. The van der Waals surface area contributed by atoms with Gasteiger partial charge in [-0.3, -0.25) is 9.59 Å². The quantitative estimate of drug-likeness (QED) is 0.790. The second-order valence-electron chi connectivity index (χ2n) is 5.72. The second kappa shape index (κ2) is 6.21. The lowest BCUT2D eigenvalue weighted by molar-refractivity contribution is -0.135. The van der Waals surface area contributed by atoms with Gasteiger partial charge < -0.3 is 4.90 Å². The zero-order valence-electron chi connectivity index (χ0n) is 12.6. The van der Waals surface area contributed by atoms with Gasteiger partial charge in [-0.1, -0.05) is 39.0 Å². The molecule has 1 aromatic rings. The number of para-hydroxylation sites is 1. The van der Waals surface area contributed by atoms with E-state index < -0.39 is 5.92 Å². The third-order valence-electron chi connectivity index (χ3n) is 4.01. The maximum Gasteiger partial charge on any atom is 0.237 e. The summed E-state index contributed by atoms with van der Waals surface area (Å²) in [4.78, 5) is 26.7. The summed E-state index contributed by atoms with van der Waals surface area (Å²) in [6.07, 6.45) is 2.48. The van der Waals surface area contributed by atoms with Crippen LogP contribution >= 0.6 is 0 Å². The number of carbonyl (C=O) groups excluding carboxylic acids is 2. The summed E-state index contributed by atoms with van der Waals surface area (Å²) in [6, 6.07) is 7.98. The summed E-state index contributed by atoms with van der Waals surface area (Å²) < 4.78 is 0. The Morgan fingerprint density at radius 2 is 2.05 bits per heavy atom. The molecule has 1 atom stereocenters. The van der Waals surface area contributed by atoms with Crippen molar-refractivity contribution in [2.45, 2.75) is 40.0 Å². The normalized spacial score (nSPS) is 19.5. The van der Waals surface area contributed by atoms with E-state index in [-0.39, 0.29) is 17.6 Å². The van der Waals surface area contributed by atoms with Crippen molar-refractivity contribution >= 4 is 17.4 Å². The Labute approximate surface area is 121 Å². The van der Waals surface area contributed by atoms with E-state index in [9.17, 15) is 9.59 Å². The van der Waals surface area contributed by atoms with Gasteiger partial charge in [-0.25, -0.2) is 0 Å². The Morgan fingerprint density at radius 3 is 2.70 bits per heavy atom. The summed E-state index contributed by atoms with van der Waals surface area (Å²) in [6.45, 7) is 6.55. The highest BCUT2D eigenvalue weighted by molar-refractivity contribution is 6.09. The predicted octanol–water partition coefficient (Wildman–Crippen LogP) is 3.22. The molecule has 108 valence electrons. The maximum absolute atomic E-state index is 12.6. The molecule has 0 saturated carbocycles. The van der Waals surface area contributed by atoms with Crippen molar-refractivity contribution in [2.75, 3.05) is 11.4 Å². The number of amides is 1. The number of carbonyl (C=O) groups is 2. The minimum Gasteiger partial charge on any atom is -0.312 e. The first-order chi connectivity index (χ1) is 9.56. The van der Waals surface area contributed by atoms with Crippen LogP contribution in [-0.2, 0) is 16.0 Å². The Hall–Kier alpha value is -1.64. The minimum atomic E-state index is -0.450. The minimum absolute atomic E-state index is 0.0177. The molecule has 0 spiro atoms. The van der Waals surface area contributed by atoms with Crippen LogP contribution in [0.2, 0.25) is 0 Å². The van der Waals surface area contributed by atoms with Crippen molar-refractivity contribution in [3.8, 4) is 0 Å². The average Bonchev–Trinajstić information content (AvgIpc) is 2.46. The summed E-state index contributed by atoms with van der Waals surface area (Å²) in [5.74, 6) is -0.469. The number of rotatable bonds is 4. The highest BCUT2D eigenvalue weighted by Gasteiger charge is 2.35. The number of aryl methyl sites for hydroxylation is 1. The van der Waals surface area contributed by atoms with E-state index in [2.05, 4.69) is 13.0 Å². The van der Waals surface area contributed by atoms with Gasteiger partial charge in [0.25, 0.3) is 0 Å². The highest BCUT2D eigenvalue weighted by Crippen LogP contribution is 2.29. The summed E-state index contributed by atoms with van der Waals surface area (Å²) >= 11 is 0. The first-order valence-corrected chi connectivity index (χ1v) is 7.49. The van der Waals surface area contributed by atoms with Crippen LogP contribution in [0, 0.1) is 11.8 Å². The molecule has 1 fully saturated rings. The van der Waals surface area contributed by atoms with Crippen LogP contribution < -0.4 is 4.90 Å². The SMILES string of the molecule is CCc1ccccc1N1CCC[C@@H](C(=O)C(C)C)C1=O. The summed E-state index contributed by atoms with van der Waals surface area (Å²) in [5, 5.41) is 0. The molecular weight excluding hydrogens is 250 g/mol. The molecule has 0 aromatic heterocycles. The summed E-state index contributed by atoms with van der Waals surface area (Å²) in [5.41, 5.74) is 2.14. The molecule has 1 heterocycles. The van der Waals surface area contributed by atoms with Crippen molar-refractivity contribution in [2.24, 2.45) is 11.8 Å². The van der Waals surface area contributed by atoms with E-state index in [1.165, 1.54) is 5.56 Å². The highest BCUT2D eigenvalue weighted by atomic mass is 16.2. The van der Waals surface area contributed by atoms with Crippen LogP contribution in [-0.4, -0.2) is 18.2 Å². The average molecular weight is 273 g/mol. The van der Waals surface area contributed by atoms with Gasteiger partial charge in [0.15, 0.2) is 0 Å². The van der Waals surface area contributed by atoms with E-state index in [4.69, 9.17) is 0 Å². The fourth-order valence-electron chi connectivity index (χ4n) is 2.85. The number of anilines is 1. The molecule has 0 bridgehead atoms. The zero-order chi connectivity index (χ0) is 14.7. The lowest BCUT2D eigenvalue weighted by atomic mass is 9.87. The van der Waals surface area contributed by atoms with Gasteiger partial charge in [-0.15, -0.1) is 0 Å². The van der Waals surface area contributed by atoms with Gasteiger partial charge in [-0.05, 0) is 30.9 Å².